The van der Waals surface area contributed by atoms with Crippen molar-refractivity contribution in [2.45, 2.75) is 142 Å². The van der Waals surface area contributed by atoms with E-state index in [1.165, 1.54) is 26.2 Å². The minimum absolute atomic E-state index is 0.0101. The molecular weight excluding hydrogens is 833 g/mol. The maximum Gasteiger partial charge on any atom is 0.326 e. The summed E-state index contributed by atoms with van der Waals surface area (Å²) >= 11 is 1.44. The molecule has 0 aliphatic carbocycles. The standard InChI is InChI=1S/C45H74N6O11S/c1-13-28(6)39(49(8)44(58)37(26(2)3)48-43(57)38(27(4)5)50(9)63-12)34(61-10)25-35(52)51-23-17-20-33(51)40(62-11)29(7)41(55)47-32(24-30-18-15-14-16-19-30)42(56)46-31(45(59)60)21-22-36(53)54/h14-16,18-19,26-29,31-34,37-40H,13,17,20-25H2,1-12H3,(H,46,56)(H,47,55)(H,48,57)(H,53,54)(H,59,60)/t28-,29+,31?,32-,33-,34+,37-,38-,39-,40+/m0/s1. The largest absolute Gasteiger partial charge is 0.481 e. The molecule has 0 bridgehead atoms. The first-order valence-electron chi connectivity index (χ1n) is 21.9. The van der Waals surface area contributed by atoms with E-state index in [4.69, 9.17) is 14.6 Å². The SMILES string of the molecule is CC[C@H](C)[C@@H]([C@@H](CC(=O)N1CCC[C@H]1[C@H](OC)[C@@H](C)C(=O)N[C@@H](Cc1ccccc1)C(=O)NC(CCC(=O)O)C(=O)O)OC)N(C)C(=O)[C@@H](NC(=O)[C@H](C(C)C)N(C)SC)C(C)C. The van der Waals surface area contributed by atoms with Crippen LogP contribution in [0.15, 0.2) is 30.3 Å². The monoisotopic (exact) mass is 907 g/mol. The molecule has 1 aliphatic heterocycles. The van der Waals surface area contributed by atoms with Crippen LogP contribution in [0, 0.1) is 23.7 Å². The number of carbonyl (C=O) groups excluding carboxylic acids is 5. The van der Waals surface area contributed by atoms with Crippen LogP contribution in [0.3, 0.4) is 0 Å². The van der Waals surface area contributed by atoms with Crippen LogP contribution in [0.5, 0.6) is 0 Å². The van der Waals surface area contributed by atoms with E-state index in [1.807, 2.05) is 59.2 Å². The number of rotatable bonds is 27. The Labute approximate surface area is 378 Å². The molecule has 1 saturated heterocycles. The number of carboxylic acids is 2. The summed E-state index contributed by atoms with van der Waals surface area (Å²) in [6.45, 7) is 13.7. The van der Waals surface area contributed by atoms with Gasteiger partial charge in [-0.25, -0.2) is 9.10 Å². The fourth-order valence-electron chi connectivity index (χ4n) is 8.44. The number of amides is 5. The Morgan fingerprint density at radius 2 is 1.48 bits per heavy atom. The molecule has 5 N–H and O–H groups in total. The van der Waals surface area contributed by atoms with Gasteiger partial charge in [-0.2, -0.15) is 0 Å². The first-order valence-corrected chi connectivity index (χ1v) is 23.1. The van der Waals surface area contributed by atoms with Crippen LogP contribution >= 0.6 is 11.9 Å². The summed E-state index contributed by atoms with van der Waals surface area (Å²) in [5.74, 6) is -5.98. The first-order chi connectivity index (χ1) is 29.6. The Morgan fingerprint density at radius 3 is 1.98 bits per heavy atom. The molecule has 2 rings (SSSR count). The maximum atomic E-state index is 14.4. The third-order valence-electron chi connectivity index (χ3n) is 12.2. The number of nitrogens with zero attached hydrogens (tertiary/aromatic N) is 3. The van der Waals surface area contributed by atoms with Crippen molar-refractivity contribution in [1.29, 1.82) is 0 Å². The van der Waals surface area contributed by atoms with Gasteiger partial charge in [-0.05, 0) is 55.9 Å². The van der Waals surface area contributed by atoms with E-state index in [-0.39, 0.29) is 54.7 Å². The summed E-state index contributed by atoms with van der Waals surface area (Å²) < 4.78 is 13.8. The molecule has 17 nitrogen and oxygen atoms in total. The Hall–Kier alpha value is -4.26. The molecule has 5 amide bonds. The second kappa shape index (κ2) is 26.5. The fourth-order valence-corrected chi connectivity index (χ4v) is 9.01. The summed E-state index contributed by atoms with van der Waals surface area (Å²) in [6.07, 6.45) is 1.33. The average Bonchev–Trinajstić information content (AvgIpc) is 3.73. The number of hydrogen-bond acceptors (Lipinski definition) is 11. The molecule has 0 aromatic heterocycles. The summed E-state index contributed by atoms with van der Waals surface area (Å²) in [5.41, 5.74) is 0.692. The van der Waals surface area contributed by atoms with Crippen LogP contribution in [0.2, 0.25) is 0 Å². The van der Waals surface area contributed by atoms with Gasteiger partial charge < -0.3 is 45.4 Å². The number of benzene rings is 1. The van der Waals surface area contributed by atoms with Crippen molar-refractivity contribution >= 4 is 53.4 Å². The molecule has 1 aliphatic rings. The van der Waals surface area contributed by atoms with Crippen LogP contribution in [-0.4, -0.2) is 155 Å². The average molecular weight is 907 g/mol. The van der Waals surface area contributed by atoms with E-state index < -0.39 is 84.6 Å². The molecule has 18 heteroatoms. The van der Waals surface area contributed by atoms with Gasteiger partial charge in [-0.3, -0.25) is 28.8 Å². The molecule has 1 aromatic carbocycles. The van der Waals surface area contributed by atoms with Crippen LogP contribution in [-0.2, 0) is 49.5 Å². The van der Waals surface area contributed by atoms with Crippen molar-refractivity contribution in [3.63, 3.8) is 0 Å². The Bertz CT molecular complexity index is 1670. The molecule has 0 radical (unpaired) electrons. The lowest BCUT2D eigenvalue weighted by Gasteiger charge is -2.41. The highest BCUT2D eigenvalue weighted by Gasteiger charge is 2.44. The molecule has 63 heavy (non-hydrogen) atoms. The van der Waals surface area contributed by atoms with Crippen molar-refractivity contribution in [2.24, 2.45) is 23.7 Å². The zero-order valence-electron chi connectivity index (χ0n) is 39.3. The number of ether oxygens (including phenoxy) is 2. The van der Waals surface area contributed by atoms with Crippen molar-refractivity contribution < 1.29 is 53.2 Å². The Kier molecular flexibility index (Phi) is 23.1. The number of aliphatic carboxylic acids is 2. The fraction of sp³-hybridized carbons (Fsp3) is 0.711. The number of hydrogen-bond donors (Lipinski definition) is 5. The van der Waals surface area contributed by atoms with Crippen molar-refractivity contribution in [1.82, 2.24) is 30.1 Å². The second-order valence-electron chi connectivity index (χ2n) is 17.3. The zero-order chi connectivity index (χ0) is 47.7. The molecule has 1 fully saturated rings. The van der Waals surface area contributed by atoms with E-state index in [0.29, 0.717) is 31.4 Å². The lowest BCUT2D eigenvalue weighted by molar-refractivity contribution is -0.148. The number of methoxy groups -OCH3 is 2. The Balaban J connectivity index is 2.35. The van der Waals surface area contributed by atoms with Gasteiger partial charge in [-0.1, -0.05) is 97.2 Å². The van der Waals surface area contributed by atoms with Gasteiger partial charge in [-0.15, -0.1) is 0 Å². The van der Waals surface area contributed by atoms with Gasteiger partial charge in [0.15, 0.2) is 0 Å². The molecule has 356 valence electrons. The number of carboxylic acid groups (broad SMARTS) is 2. The summed E-state index contributed by atoms with van der Waals surface area (Å²) in [6, 6.07) is 3.78. The first kappa shape index (κ1) is 54.9. The molecule has 1 aromatic rings. The van der Waals surface area contributed by atoms with E-state index >= 15 is 0 Å². The third-order valence-corrected chi connectivity index (χ3v) is 13.0. The number of likely N-dealkylation sites (N-methyl/N-ethyl adjacent to an activating group) is 2. The lowest BCUT2D eigenvalue weighted by atomic mass is 9.89. The summed E-state index contributed by atoms with van der Waals surface area (Å²) in [5, 5.41) is 27.0. The normalized spacial score (nSPS) is 18.4. The molecule has 10 atom stereocenters. The number of likely N-dealkylation sites (tertiary alicyclic amines) is 1. The van der Waals surface area contributed by atoms with Crippen molar-refractivity contribution in [3.8, 4) is 0 Å². The van der Waals surface area contributed by atoms with Crippen LogP contribution in [0.25, 0.3) is 0 Å². The molecule has 1 heterocycles. The van der Waals surface area contributed by atoms with Gasteiger partial charge >= 0.3 is 11.9 Å². The third kappa shape index (κ3) is 15.7. The minimum atomic E-state index is -1.49. The summed E-state index contributed by atoms with van der Waals surface area (Å²) in [4.78, 5) is 96.3. The molecule has 1 unspecified atom stereocenters. The van der Waals surface area contributed by atoms with E-state index in [1.54, 1.807) is 54.1 Å². The molecule has 0 saturated carbocycles. The number of nitrogens with one attached hydrogen (secondary N) is 3. The smallest absolute Gasteiger partial charge is 0.326 e. The molecular formula is C45H74N6O11S. The predicted octanol–water partition coefficient (Wildman–Crippen LogP) is 3.44. The van der Waals surface area contributed by atoms with E-state index in [9.17, 15) is 38.7 Å². The van der Waals surface area contributed by atoms with E-state index in [0.717, 1.165) is 0 Å². The Morgan fingerprint density at radius 1 is 0.857 bits per heavy atom. The quantitative estimate of drug-likeness (QED) is 0.0800. The van der Waals surface area contributed by atoms with Crippen LogP contribution in [0.4, 0.5) is 0 Å². The zero-order valence-corrected chi connectivity index (χ0v) is 40.1. The van der Waals surface area contributed by atoms with Crippen LogP contribution < -0.4 is 16.0 Å². The number of carbonyl (C=O) groups is 7. The highest BCUT2D eigenvalue weighted by Crippen LogP contribution is 2.30. The van der Waals surface area contributed by atoms with E-state index in [2.05, 4.69) is 16.0 Å². The van der Waals surface area contributed by atoms with Gasteiger partial charge in [0.25, 0.3) is 0 Å². The maximum absolute atomic E-state index is 14.4. The van der Waals surface area contributed by atoms with Crippen molar-refractivity contribution in [2.75, 3.05) is 41.1 Å². The van der Waals surface area contributed by atoms with Crippen molar-refractivity contribution in [3.05, 3.63) is 35.9 Å². The summed E-state index contributed by atoms with van der Waals surface area (Å²) in [7, 11) is 6.50. The van der Waals surface area contributed by atoms with Gasteiger partial charge in [0.1, 0.15) is 24.2 Å². The van der Waals surface area contributed by atoms with Crippen LogP contribution in [0.1, 0.15) is 92.6 Å². The predicted molar refractivity (Wildman–Crippen MR) is 241 cm³/mol. The van der Waals surface area contributed by atoms with Gasteiger partial charge in [0.05, 0.1) is 36.6 Å². The van der Waals surface area contributed by atoms with Gasteiger partial charge in [0.2, 0.25) is 29.5 Å². The highest BCUT2D eigenvalue weighted by atomic mass is 32.2. The molecule has 0 spiro atoms. The topological polar surface area (TPSA) is 224 Å². The lowest BCUT2D eigenvalue weighted by Crippen LogP contribution is -2.59. The minimum Gasteiger partial charge on any atom is -0.481 e. The second-order valence-corrected chi connectivity index (χ2v) is 18.3. The highest BCUT2D eigenvalue weighted by molar-refractivity contribution is 7.96. The van der Waals surface area contributed by atoms with Gasteiger partial charge in [0, 0.05) is 40.7 Å².